The molecule has 0 saturated carbocycles. The third kappa shape index (κ3) is 7.97. The van der Waals surface area contributed by atoms with E-state index in [2.05, 4.69) is 90.6 Å². The van der Waals surface area contributed by atoms with Gasteiger partial charge in [0.2, 0.25) is 0 Å². The molecule has 0 amide bonds. The maximum Gasteiger partial charge on any atom is 0.134 e. The summed E-state index contributed by atoms with van der Waals surface area (Å²) < 4.78 is 89.9. The van der Waals surface area contributed by atoms with Crippen LogP contribution in [0.15, 0.2) is 170 Å². The van der Waals surface area contributed by atoms with Crippen molar-refractivity contribution < 1.29 is 38.1 Å². The second-order valence-electron chi connectivity index (χ2n) is 20.6. The van der Waals surface area contributed by atoms with Gasteiger partial charge in [0, 0.05) is 56.6 Å². The van der Waals surface area contributed by atoms with E-state index in [1.165, 1.54) is 12.1 Å². The van der Waals surface area contributed by atoms with Crippen molar-refractivity contribution in [1.29, 1.82) is 0 Å². The molecule has 11 aromatic rings. The Kier molecular flexibility index (Phi) is 9.05. The molecule has 0 radical (unpaired) electrons. The van der Waals surface area contributed by atoms with E-state index in [4.69, 9.17) is 27.0 Å². The summed E-state index contributed by atoms with van der Waals surface area (Å²) >= 11 is 0. The zero-order valence-electron chi connectivity index (χ0n) is 49.7. The molecule has 7 heteroatoms. The fraction of sp³-hybridized carbons (Fsp3) is 0.185. The quantitative estimate of drug-likeness (QED) is 0.161. The van der Waals surface area contributed by atoms with Gasteiger partial charge in [-0.25, -0.2) is 4.98 Å². The first-order valence-corrected chi connectivity index (χ1v) is 23.9. The number of hydrogen-bond acceptors (Lipinski definition) is 4. The van der Waals surface area contributed by atoms with Crippen LogP contribution in [0.25, 0.3) is 82.1 Å². The summed E-state index contributed by atoms with van der Waals surface area (Å²) in [6.07, 6.45) is 3.65. The molecule has 5 heterocycles. The molecule has 0 atom stereocenters. The Morgan fingerprint density at radius 2 is 1.14 bits per heavy atom. The van der Waals surface area contributed by atoms with Gasteiger partial charge in [0.15, 0.2) is 0 Å². The predicted octanol–water partition coefficient (Wildman–Crippen LogP) is 17.2. The SMILES string of the molecule is [2H]C([2H])([2H])C(c1cc(-c2cccc3c4ccccc4c4ccccc4c4cccc5c4n(c23)[CH-]N5c2[c-]c(Oc3[c-]c4c(cn3)c3ccccc3n4-c3cc(C(C)(C)C)ccn3)ccc2)cc(C(C)(C)C)c1)(C([2H])([2H])[2H])C([2H])([2H])[2H].[Pt]. The molecule has 0 spiro atoms. The Bertz CT molecular complexity index is 4350. The fourth-order valence-corrected chi connectivity index (χ4v) is 10.2. The molecule has 0 saturated heterocycles. The van der Waals surface area contributed by atoms with Gasteiger partial charge in [0.25, 0.3) is 0 Å². The fourth-order valence-electron chi connectivity index (χ4n) is 10.2. The summed E-state index contributed by atoms with van der Waals surface area (Å²) in [5.41, 5.74) is 3.12. The number of para-hydroxylation sites is 3. The van der Waals surface area contributed by atoms with Crippen LogP contribution in [0.1, 0.15) is 91.1 Å². The Morgan fingerprint density at radius 1 is 0.542 bits per heavy atom. The Morgan fingerprint density at radius 3 is 1.82 bits per heavy atom. The van der Waals surface area contributed by atoms with Crippen molar-refractivity contribution in [2.24, 2.45) is 0 Å². The van der Waals surface area contributed by atoms with Crippen LogP contribution < -0.4 is 9.64 Å². The van der Waals surface area contributed by atoms with E-state index < -0.39 is 31.4 Å². The van der Waals surface area contributed by atoms with Crippen LogP contribution in [-0.2, 0) is 37.3 Å². The second-order valence-corrected chi connectivity index (χ2v) is 20.6. The van der Waals surface area contributed by atoms with E-state index in [0.29, 0.717) is 33.6 Å². The average molecular weight is 1130 g/mol. The molecule has 0 aliphatic carbocycles. The number of aromatic nitrogens is 4. The van der Waals surface area contributed by atoms with Crippen LogP contribution in [-0.4, -0.2) is 19.1 Å². The van der Waals surface area contributed by atoms with E-state index in [9.17, 15) is 0 Å². The molecule has 6 nitrogen and oxygen atoms in total. The number of hydrogen-bond donors (Lipinski definition) is 0. The topological polar surface area (TPSA) is 48.1 Å². The van der Waals surface area contributed by atoms with Gasteiger partial charge in [0.1, 0.15) is 11.7 Å². The molecule has 4 aromatic heterocycles. The van der Waals surface area contributed by atoms with Gasteiger partial charge < -0.3 is 18.8 Å². The summed E-state index contributed by atoms with van der Waals surface area (Å²) in [6, 6.07) is 58.5. The minimum Gasteiger partial charge on any atom is -0.484 e. The van der Waals surface area contributed by atoms with E-state index >= 15 is 0 Å². The number of benzene rings is 7. The number of fused-ring (bicyclic) bond motifs is 10. The molecular formula is C65H56N5OPt-3. The largest absolute Gasteiger partial charge is 0.484 e. The van der Waals surface area contributed by atoms with Crippen molar-refractivity contribution in [2.45, 2.75) is 78.3 Å². The molecule has 72 heavy (non-hydrogen) atoms. The van der Waals surface area contributed by atoms with Gasteiger partial charge in [-0.2, -0.15) is 12.1 Å². The van der Waals surface area contributed by atoms with Gasteiger partial charge in [-0.05, 0) is 125 Å². The van der Waals surface area contributed by atoms with Gasteiger partial charge in [0.05, 0.1) is 0 Å². The van der Waals surface area contributed by atoms with E-state index in [1.807, 2.05) is 142 Å². The Balaban J connectivity index is 0.00000690. The molecule has 360 valence electrons. The van der Waals surface area contributed by atoms with Crippen LogP contribution >= 0.6 is 0 Å². The van der Waals surface area contributed by atoms with Crippen LogP contribution in [0.4, 0.5) is 11.4 Å². The minimum absolute atomic E-state index is 0. The monoisotopic (exact) mass is 1130 g/mol. The summed E-state index contributed by atoms with van der Waals surface area (Å²) in [6.45, 7) is 3.91. The van der Waals surface area contributed by atoms with E-state index in [1.54, 1.807) is 0 Å². The molecule has 0 N–H and O–H groups in total. The zero-order chi connectivity index (χ0) is 56.5. The molecule has 0 fully saturated rings. The second kappa shape index (κ2) is 17.4. The number of nitrogens with zero attached hydrogens (tertiary/aromatic N) is 5. The zero-order valence-corrected chi connectivity index (χ0v) is 43.0. The summed E-state index contributed by atoms with van der Waals surface area (Å²) in [7, 11) is 0. The first-order chi connectivity index (χ1) is 37.8. The molecule has 1 aliphatic rings. The molecule has 0 bridgehead atoms. The van der Waals surface area contributed by atoms with Gasteiger partial charge in [-0.3, -0.25) is 4.98 Å². The maximum absolute atomic E-state index is 8.78. The number of anilines is 2. The molecular weight excluding hydrogens is 1060 g/mol. The van der Waals surface area contributed by atoms with Crippen molar-refractivity contribution in [3.63, 3.8) is 0 Å². The number of ether oxygens (including phenoxy) is 1. The normalized spacial score (nSPS) is 15.1. The number of rotatable bonds is 5. The Labute approximate surface area is 449 Å². The minimum atomic E-state index is -3.48. The molecule has 1 aliphatic heterocycles. The van der Waals surface area contributed by atoms with Crippen LogP contribution in [0, 0.1) is 18.8 Å². The first kappa shape index (κ1) is 37.4. The maximum atomic E-state index is 8.78. The predicted molar refractivity (Wildman–Crippen MR) is 296 cm³/mol. The average Bonchev–Trinajstić information content (AvgIpc) is 4.19. The first-order valence-electron chi connectivity index (χ1n) is 28.4. The molecule has 0 unspecified atom stereocenters. The third-order valence-electron chi connectivity index (χ3n) is 13.8. The number of pyridine rings is 2. The van der Waals surface area contributed by atoms with Gasteiger partial charge in [-0.1, -0.05) is 188 Å². The van der Waals surface area contributed by atoms with Crippen LogP contribution in [0.2, 0.25) is 0 Å². The van der Waals surface area contributed by atoms with Crippen molar-refractivity contribution in [2.75, 3.05) is 4.90 Å². The van der Waals surface area contributed by atoms with E-state index in [0.717, 1.165) is 76.7 Å². The van der Waals surface area contributed by atoms with Crippen LogP contribution in [0.5, 0.6) is 11.6 Å². The Hall–Kier alpha value is -7.40. The smallest absolute Gasteiger partial charge is 0.134 e. The van der Waals surface area contributed by atoms with E-state index in [-0.39, 0.29) is 37.9 Å². The standard InChI is InChI=1S/C65H56N5O.Pt/c1-63(2,3)42-31-32-66-59(36-42)70-56-29-15-14-25-52(56)55-39-67-60(38-58(55)70)71-46-20-16-19-45(37-46)68-40-69-61-47(41-33-43(64(4,5)6)35-44(34-41)65(7,8)9)26-17-27-53(61)50-23-12-10-21-48(50)49-22-11-13-24-51(49)54-28-18-30-57(68)62(54)69;/h10-36,39-40H,1-9H3;/q-3;/i4D3,5D3,6D3;. The summed E-state index contributed by atoms with van der Waals surface area (Å²) in [4.78, 5) is 11.7. The van der Waals surface area contributed by atoms with Crippen molar-refractivity contribution >= 4 is 76.5 Å². The van der Waals surface area contributed by atoms with Crippen LogP contribution in [0.3, 0.4) is 0 Å². The van der Waals surface area contributed by atoms with Gasteiger partial charge >= 0.3 is 0 Å². The molecule has 12 rings (SSSR count). The summed E-state index contributed by atoms with van der Waals surface area (Å²) in [5.74, 6) is 1.38. The van der Waals surface area contributed by atoms with Gasteiger partial charge in [-0.15, -0.1) is 29.1 Å². The summed E-state index contributed by atoms with van der Waals surface area (Å²) in [5, 5.41) is 7.52. The van der Waals surface area contributed by atoms with Crippen molar-refractivity contribution in [3.8, 4) is 28.6 Å². The molecule has 7 aromatic carbocycles. The van der Waals surface area contributed by atoms with Crippen molar-refractivity contribution in [3.05, 3.63) is 206 Å². The van der Waals surface area contributed by atoms with Crippen molar-refractivity contribution in [1.82, 2.24) is 19.1 Å². The third-order valence-corrected chi connectivity index (χ3v) is 13.8.